The molecule has 4 nitrogen and oxygen atoms in total. The quantitative estimate of drug-likeness (QED) is 0.908. The molecule has 5 heteroatoms. The Morgan fingerprint density at radius 3 is 2.45 bits per heavy atom. The molecule has 20 heavy (non-hydrogen) atoms. The van der Waals surface area contributed by atoms with Crippen molar-refractivity contribution in [2.24, 2.45) is 0 Å². The summed E-state index contributed by atoms with van der Waals surface area (Å²) < 4.78 is 13.1. The van der Waals surface area contributed by atoms with Gasteiger partial charge < -0.3 is 10.6 Å². The van der Waals surface area contributed by atoms with E-state index in [0.717, 1.165) is 36.5 Å². The van der Waals surface area contributed by atoms with E-state index in [9.17, 15) is 4.39 Å². The Labute approximate surface area is 118 Å². The van der Waals surface area contributed by atoms with Crippen molar-refractivity contribution in [3.05, 3.63) is 42.0 Å². The minimum atomic E-state index is -0.249. The van der Waals surface area contributed by atoms with Gasteiger partial charge in [0.25, 0.3) is 0 Å². The van der Waals surface area contributed by atoms with Crippen LogP contribution in [-0.4, -0.2) is 16.5 Å². The van der Waals surface area contributed by atoms with Gasteiger partial charge in [-0.15, -0.1) is 0 Å². The number of hydrogen-bond donors (Lipinski definition) is 1. The van der Waals surface area contributed by atoms with Crippen LogP contribution in [-0.2, 0) is 6.42 Å². The number of rotatable bonds is 5. The van der Waals surface area contributed by atoms with Gasteiger partial charge in [-0.25, -0.2) is 14.4 Å². The fraction of sp³-hybridized carbons (Fsp3) is 0.333. The molecular formula is C15H19FN4. The molecule has 1 heterocycles. The van der Waals surface area contributed by atoms with Gasteiger partial charge >= 0.3 is 0 Å². The van der Waals surface area contributed by atoms with E-state index in [-0.39, 0.29) is 5.82 Å². The highest BCUT2D eigenvalue weighted by molar-refractivity contribution is 5.66. The summed E-state index contributed by atoms with van der Waals surface area (Å²) in [5.41, 5.74) is 7.80. The van der Waals surface area contributed by atoms with Crippen molar-refractivity contribution in [1.29, 1.82) is 0 Å². The van der Waals surface area contributed by atoms with Gasteiger partial charge in [-0.3, -0.25) is 0 Å². The second kappa shape index (κ2) is 6.32. The smallest absolute Gasteiger partial charge is 0.141 e. The Bertz CT molecular complexity index is 569. The number of nitrogens with two attached hydrogens (primary N) is 1. The highest BCUT2D eigenvalue weighted by Crippen LogP contribution is 2.29. The third kappa shape index (κ3) is 2.87. The predicted octanol–water partition coefficient (Wildman–Crippen LogP) is 3.31. The van der Waals surface area contributed by atoms with Crippen molar-refractivity contribution in [1.82, 2.24) is 9.97 Å². The van der Waals surface area contributed by atoms with E-state index >= 15 is 0 Å². The summed E-state index contributed by atoms with van der Waals surface area (Å²) in [7, 11) is 0. The van der Waals surface area contributed by atoms with Crippen LogP contribution in [0.1, 0.15) is 25.8 Å². The first-order valence-electron chi connectivity index (χ1n) is 6.79. The van der Waals surface area contributed by atoms with Crippen molar-refractivity contribution in [3.8, 4) is 0 Å². The normalized spacial score (nSPS) is 10.6. The highest BCUT2D eigenvalue weighted by Gasteiger charge is 2.15. The standard InChI is InChI=1S/C15H19FN4/c1-3-5-13-14(17)18-10-19-15(13)20(4-2)12-8-6-11(16)7-9-12/h6-10H,3-5H2,1-2H3,(H2,17,18,19). The highest BCUT2D eigenvalue weighted by atomic mass is 19.1. The Balaban J connectivity index is 2.46. The van der Waals surface area contributed by atoms with Crippen molar-refractivity contribution in [3.63, 3.8) is 0 Å². The summed E-state index contributed by atoms with van der Waals surface area (Å²) in [6, 6.07) is 6.38. The summed E-state index contributed by atoms with van der Waals surface area (Å²) in [5, 5.41) is 0. The van der Waals surface area contributed by atoms with Crippen LogP contribution in [0.2, 0.25) is 0 Å². The Hall–Kier alpha value is -2.17. The molecular weight excluding hydrogens is 255 g/mol. The van der Waals surface area contributed by atoms with Crippen LogP contribution in [0.4, 0.5) is 21.7 Å². The van der Waals surface area contributed by atoms with Crippen molar-refractivity contribution in [2.45, 2.75) is 26.7 Å². The van der Waals surface area contributed by atoms with Gasteiger partial charge in [0.1, 0.15) is 23.8 Å². The average Bonchev–Trinajstić information content (AvgIpc) is 2.45. The summed E-state index contributed by atoms with van der Waals surface area (Å²) in [6.07, 6.45) is 3.25. The number of nitrogen functional groups attached to an aromatic ring is 1. The average molecular weight is 274 g/mol. The van der Waals surface area contributed by atoms with Crippen molar-refractivity contribution in [2.75, 3.05) is 17.2 Å². The molecule has 1 aromatic heterocycles. The van der Waals surface area contributed by atoms with Crippen LogP contribution in [0.5, 0.6) is 0 Å². The van der Waals surface area contributed by atoms with Crippen LogP contribution in [0, 0.1) is 5.82 Å². The maximum atomic E-state index is 13.1. The number of halogens is 1. The Morgan fingerprint density at radius 1 is 1.15 bits per heavy atom. The van der Waals surface area contributed by atoms with Crippen LogP contribution in [0.25, 0.3) is 0 Å². The van der Waals surface area contributed by atoms with Crippen LogP contribution < -0.4 is 10.6 Å². The van der Waals surface area contributed by atoms with Crippen molar-refractivity contribution >= 4 is 17.3 Å². The van der Waals surface area contributed by atoms with Gasteiger partial charge in [0.05, 0.1) is 0 Å². The Kier molecular flexibility index (Phi) is 4.50. The number of nitrogens with zero attached hydrogens (tertiary/aromatic N) is 3. The fourth-order valence-corrected chi connectivity index (χ4v) is 2.21. The maximum Gasteiger partial charge on any atom is 0.141 e. The van der Waals surface area contributed by atoms with Gasteiger partial charge in [0, 0.05) is 17.8 Å². The molecule has 0 aliphatic carbocycles. The number of hydrogen-bond acceptors (Lipinski definition) is 4. The van der Waals surface area contributed by atoms with E-state index in [2.05, 4.69) is 16.9 Å². The lowest BCUT2D eigenvalue weighted by Crippen LogP contribution is -2.20. The molecule has 0 amide bonds. The third-order valence-corrected chi connectivity index (χ3v) is 3.17. The van der Waals surface area contributed by atoms with Gasteiger partial charge in [0.2, 0.25) is 0 Å². The fourth-order valence-electron chi connectivity index (χ4n) is 2.21. The first-order chi connectivity index (χ1) is 9.67. The van der Waals surface area contributed by atoms with Crippen LogP contribution in [0.3, 0.4) is 0 Å². The van der Waals surface area contributed by atoms with Gasteiger partial charge in [-0.05, 0) is 37.6 Å². The molecule has 0 saturated heterocycles. The van der Waals surface area contributed by atoms with Gasteiger partial charge in [-0.2, -0.15) is 0 Å². The molecule has 2 N–H and O–H groups in total. The number of aromatic nitrogens is 2. The molecule has 2 rings (SSSR count). The summed E-state index contributed by atoms with van der Waals surface area (Å²) in [4.78, 5) is 10.4. The summed E-state index contributed by atoms with van der Waals surface area (Å²) in [5.74, 6) is 1.06. The molecule has 0 fully saturated rings. The van der Waals surface area contributed by atoms with Crippen LogP contribution in [0.15, 0.2) is 30.6 Å². The predicted molar refractivity (Wildman–Crippen MR) is 79.5 cm³/mol. The lowest BCUT2D eigenvalue weighted by Gasteiger charge is -2.24. The van der Waals surface area contributed by atoms with E-state index in [1.165, 1.54) is 18.5 Å². The molecule has 0 radical (unpaired) electrons. The molecule has 0 atom stereocenters. The molecule has 2 aromatic rings. The minimum Gasteiger partial charge on any atom is -0.383 e. The SMILES string of the molecule is CCCc1c(N)ncnc1N(CC)c1ccc(F)cc1. The molecule has 0 aliphatic rings. The summed E-state index contributed by atoms with van der Waals surface area (Å²) in [6.45, 7) is 4.83. The van der Waals surface area contributed by atoms with E-state index in [4.69, 9.17) is 5.73 Å². The largest absolute Gasteiger partial charge is 0.383 e. The zero-order chi connectivity index (χ0) is 14.5. The maximum absolute atomic E-state index is 13.1. The number of benzene rings is 1. The molecule has 0 spiro atoms. The van der Waals surface area contributed by atoms with E-state index < -0.39 is 0 Å². The zero-order valence-electron chi connectivity index (χ0n) is 11.8. The zero-order valence-corrected chi connectivity index (χ0v) is 11.8. The Morgan fingerprint density at radius 2 is 1.85 bits per heavy atom. The second-order valence-electron chi connectivity index (χ2n) is 4.53. The second-order valence-corrected chi connectivity index (χ2v) is 4.53. The topological polar surface area (TPSA) is 55.0 Å². The lowest BCUT2D eigenvalue weighted by atomic mass is 10.1. The van der Waals surface area contributed by atoms with Gasteiger partial charge in [-0.1, -0.05) is 13.3 Å². The van der Waals surface area contributed by atoms with E-state index in [1.807, 2.05) is 11.8 Å². The molecule has 0 saturated carbocycles. The summed E-state index contributed by atoms with van der Waals surface area (Å²) >= 11 is 0. The van der Waals surface area contributed by atoms with E-state index in [1.54, 1.807) is 12.1 Å². The van der Waals surface area contributed by atoms with Crippen molar-refractivity contribution < 1.29 is 4.39 Å². The first kappa shape index (κ1) is 14.2. The third-order valence-electron chi connectivity index (χ3n) is 3.17. The molecule has 1 aromatic carbocycles. The first-order valence-corrected chi connectivity index (χ1v) is 6.79. The van der Waals surface area contributed by atoms with E-state index in [0.29, 0.717) is 5.82 Å². The van der Waals surface area contributed by atoms with Crippen LogP contribution >= 0.6 is 0 Å². The molecule has 0 aliphatic heterocycles. The monoisotopic (exact) mass is 274 g/mol. The minimum absolute atomic E-state index is 0.249. The number of anilines is 3. The molecule has 0 unspecified atom stereocenters. The molecule has 106 valence electrons. The molecule has 0 bridgehead atoms. The lowest BCUT2D eigenvalue weighted by molar-refractivity contribution is 0.627. The van der Waals surface area contributed by atoms with Gasteiger partial charge in [0.15, 0.2) is 0 Å².